The first-order chi connectivity index (χ1) is 9.21. The predicted octanol–water partition coefficient (Wildman–Crippen LogP) is 1.22. The lowest BCUT2D eigenvalue weighted by atomic mass is 9.82. The van der Waals surface area contributed by atoms with Crippen molar-refractivity contribution < 1.29 is 14.0 Å². The highest BCUT2D eigenvalue weighted by Crippen LogP contribution is 2.36. The SMILES string of the molecule is CC1(Cn2cc(B3OC(C)(C)C(C)(C)O3)cn2)COC1. The van der Waals surface area contributed by atoms with Crippen molar-refractivity contribution in [1.82, 2.24) is 9.78 Å². The van der Waals surface area contributed by atoms with Crippen LogP contribution in [0.5, 0.6) is 0 Å². The molecule has 110 valence electrons. The Morgan fingerprint density at radius 1 is 1.15 bits per heavy atom. The summed E-state index contributed by atoms with van der Waals surface area (Å²) in [5.41, 5.74) is 0.563. The second-order valence-electron chi connectivity index (χ2n) is 7.36. The Hall–Kier alpha value is -0.845. The standard InChI is InChI=1S/C14H23BN2O3/c1-12(2)13(3,4)20-15(19-12)11-6-16-17(7-11)8-14(5)9-18-10-14/h6-7H,8-10H2,1-5H3. The number of hydrogen-bond acceptors (Lipinski definition) is 4. The zero-order chi connectivity index (χ0) is 14.6. The summed E-state index contributed by atoms with van der Waals surface area (Å²) in [6, 6.07) is 0. The third-order valence-electron chi connectivity index (χ3n) is 4.62. The molecule has 0 saturated carbocycles. The molecule has 2 saturated heterocycles. The first-order valence-corrected chi connectivity index (χ1v) is 7.17. The summed E-state index contributed by atoms with van der Waals surface area (Å²) in [5, 5.41) is 4.42. The minimum Gasteiger partial charge on any atom is -0.399 e. The first-order valence-electron chi connectivity index (χ1n) is 7.17. The molecule has 3 rings (SSSR count). The molecule has 20 heavy (non-hydrogen) atoms. The molecule has 0 atom stereocenters. The molecule has 0 unspecified atom stereocenters. The van der Waals surface area contributed by atoms with Crippen LogP contribution in [-0.4, -0.2) is 41.3 Å². The van der Waals surface area contributed by atoms with Crippen LogP contribution in [-0.2, 0) is 20.6 Å². The lowest BCUT2D eigenvalue weighted by Gasteiger charge is -2.37. The van der Waals surface area contributed by atoms with E-state index < -0.39 is 0 Å². The fraction of sp³-hybridized carbons (Fsp3) is 0.786. The Labute approximate surface area is 120 Å². The van der Waals surface area contributed by atoms with Gasteiger partial charge in [0.1, 0.15) is 0 Å². The largest absolute Gasteiger partial charge is 0.498 e. The van der Waals surface area contributed by atoms with Crippen molar-refractivity contribution in [1.29, 1.82) is 0 Å². The highest BCUT2D eigenvalue weighted by atomic mass is 16.7. The lowest BCUT2D eigenvalue weighted by Crippen LogP contribution is -2.43. The number of rotatable bonds is 3. The van der Waals surface area contributed by atoms with Crippen LogP contribution < -0.4 is 5.46 Å². The molecule has 6 heteroatoms. The monoisotopic (exact) mass is 278 g/mol. The minimum absolute atomic E-state index is 0.208. The topological polar surface area (TPSA) is 45.5 Å². The van der Waals surface area contributed by atoms with Gasteiger partial charge in [-0.15, -0.1) is 0 Å². The van der Waals surface area contributed by atoms with Gasteiger partial charge in [-0.05, 0) is 27.7 Å². The van der Waals surface area contributed by atoms with Crippen LogP contribution in [0.4, 0.5) is 0 Å². The van der Waals surface area contributed by atoms with E-state index in [2.05, 4.69) is 39.7 Å². The molecule has 2 fully saturated rings. The number of hydrogen-bond donors (Lipinski definition) is 0. The Kier molecular flexibility index (Phi) is 3.05. The van der Waals surface area contributed by atoms with E-state index in [0.29, 0.717) is 0 Å². The highest BCUT2D eigenvalue weighted by molar-refractivity contribution is 6.61. The molecular weight excluding hydrogens is 255 g/mol. The number of aromatic nitrogens is 2. The van der Waals surface area contributed by atoms with Crippen molar-refractivity contribution in [3.8, 4) is 0 Å². The average Bonchev–Trinajstić information content (AvgIpc) is 2.80. The molecule has 0 amide bonds. The van der Waals surface area contributed by atoms with E-state index in [0.717, 1.165) is 25.2 Å². The Bertz CT molecular complexity index is 492. The normalized spacial score (nSPS) is 26.6. The van der Waals surface area contributed by atoms with Crippen LogP contribution in [0.15, 0.2) is 12.4 Å². The molecule has 1 aromatic heterocycles. The summed E-state index contributed by atoms with van der Waals surface area (Å²) in [7, 11) is -0.334. The summed E-state index contributed by atoms with van der Waals surface area (Å²) in [6.07, 6.45) is 3.86. The quantitative estimate of drug-likeness (QED) is 0.780. The fourth-order valence-electron chi connectivity index (χ4n) is 2.50. The van der Waals surface area contributed by atoms with Gasteiger partial charge in [-0.3, -0.25) is 4.68 Å². The van der Waals surface area contributed by atoms with Gasteiger partial charge in [-0.25, -0.2) is 0 Å². The van der Waals surface area contributed by atoms with Crippen molar-refractivity contribution >= 4 is 12.6 Å². The molecule has 0 aromatic carbocycles. The van der Waals surface area contributed by atoms with Gasteiger partial charge in [0.25, 0.3) is 0 Å². The molecular formula is C14H23BN2O3. The van der Waals surface area contributed by atoms with Crippen LogP contribution in [0.25, 0.3) is 0 Å². The summed E-state index contributed by atoms with van der Waals surface area (Å²) in [4.78, 5) is 0. The third-order valence-corrected chi connectivity index (χ3v) is 4.62. The molecule has 0 aliphatic carbocycles. The molecule has 0 bridgehead atoms. The van der Waals surface area contributed by atoms with Crippen LogP contribution in [0, 0.1) is 5.41 Å². The van der Waals surface area contributed by atoms with Gasteiger partial charge in [-0.1, -0.05) is 6.92 Å². The molecule has 3 heterocycles. The highest BCUT2D eigenvalue weighted by Gasteiger charge is 2.52. The van der Waals surface area contributed by atoms with Gasteiger partial charge in [0.05, 0.1) is 31.0 Å². The summed E-state index contributed by atoms with van der Waals surface area (Å²) in [6.45, 7) is 12.9. The Balaban J connectivity index is 1.72. The van der Waals surface area contributed by atoms with Crippen LogP contribution >= 0.6 is 0 Å². The summed E-state index contributed by atoms with van der Waals surface area (Å²) >= 11 is 0. The van der Waals surface area contributed by atoms with E-state index in [1.54, 1.807) is 0 Å². The summed E-state index contributed by atoms with van der Waals surface area (Å²) in [5.74, 6) is 0. The van der Waals surface area contributed by atoms with Gasteiger partial charge in [-0.2, -0.15) is 5.10 Å². The van der Waals surface area contributed by atoms with Crippen LogP contribution in [0.3, 0.4) is 0 Å². The second-order valence-corrected chi connectivity index (χ2v) is 7.36. The maximum Gasteiger partial charge on any atom is 0.498 e. The van der Waals surface area contributed by atoms with Crippen molar-refractivity contribution in [3.05, 3.63) is 12.4 Å². The molecule has 0 spiro atoms. The fourth-order valence-corrected chi connectivity index (χ4v) is 2.50. The van der Waals surface area contributed by atoms with Crippen LogP contribution in [0.2, 0.25) is 0 Å². The van der Waals surface area contributed by atoms with E-state index in [1.807, 2.05) is 17.1 Å². The maximum atomic E-state index is 6.03. The third kappa shape index (κ3) is 2.30. The first kappa shape index (κ1) is 14.1. The molecule has 2 aliphatic heterocycles. The van der Waals surface area contributed by atoms with E-state index in [4.69, 9.17) is 14.0 Å². The zero-order valence-corrected chi connectivity index (χ0v) is 13.0. The van der Waals surface area contributed by atoms with E-state index in [-0.39, 0.29) is 23.7 Å². The maximum absolute atomic E-state index is 6.03. The molecule has 5 nitrogen and oxygen atoms in total. The smallest absolute Gasteiger partial charge is 0.399 e. The van der Waals surface area contributed by atoms with Crippen molar-refractivity contribution in [2.24, 2.45) is 5.41 Å². The Morgan fingerprint density at radius 3 is 2.25 bits per heavy atom. The van der Waals surface area contributed by atoms with Crippen molar-refractivity contribution in [3.63, 3.8) is 0 Å². The van der Waals surface area contributed by atoms with Gasteiger partial charge in [0, 0.05) is 23.3 Å². The number of nitrogens with zero attached hydrogens (tertiary/aromatic N) is 2. The molecule has 1 aromatic rings. The predicted molar refractivity (Wildman–Crippen MR) is 76.9 cm³/mol. The van der Waals surface area contributed by atoms with Gasteiger partial charge < -0.3 is 14.0 Å². The minimum atomic E-state index is -0.334. The average molecular weight is 278 g/mol. The second kappa shape index (κ2) is 4.32. The van der Waals surface area contributed by atoms with Crippen molar-refractivity contribution in [2.75, 3.05) is 13.2 Å². The van der Waals surface area contributed by atoms with Crippen LogP contribution in [0.1, 0.15) is 34.6 Å². The zero-order valence-electron chi connectivity index (χ0n) is 13.0. The molecule has 0 radical (unpaired) electrons. The van der Waals surface area contributed by atoms with E-state index >= 15 is 0 Å². The molecule has 0 N–H and O–H groups in total. The molecule has 2 aliphatic rings. The summed E-state index contributed by atoms with van der Waals surface area (Å²) < 4.78 is 19.3. The number of ether oxygens (including phenoxy) is 1. The Morgan fingerprint density at radius 2 is 1.75 bits per heavy atom. The van der Waals surface area contributed by atoms with E-state index in [1.165, 1.54) is 0 Å². The lowest BCUT2D eigenvalue weighted by molar-refractivity contribution is -0.111. The van der Waals surface area contributed by atoms with Gasteiger partial charge in [0.2, 0.25) is 0 Å². The van der Waals surface area contributed by atoms with E-state index in [9.17, 15) is 0 Å². The van der Waals surface area contributed by atoms with Crippen molar-refractivity contribution in [2.45, 2.75) is 52.4 Å². The van der Waals surface area contributed by atoms with Gasteiger partial charge >= 0.3 is 7.12 Å². The van der Waals surface area contributed by atoms with Gasteiger partial charge in [0.15, 0.2) is 0 Å².